The minimum Gasteiger partial charge on any atom is -0.464 e. The third kappa shape index (κ3) is 5.13. The van der Waals surface area contributed by atoms with Gasteiger partial charge in [0.15, 0.2) is 0 Å². The predicted molar refractivity (Wildman–Crippen MR) is 77.7 cm³/mol. The normalized spacial score (nSPS) is 11.3. The topological polar surface area (TPSA) is 25.2 Å². The molecule has 1 aromatic carbocycles. The van der Waals surface area contributed by atoms with Gasteiger partial charge in [-0.15, -0.1) is 0 Å². The first-order chi connectivity index (χ1) is 10.0. The van der Waals surface area contributed by atoms with Gasteiger partial charge in [0.25, 0.3) is 5.76 Å². The largest absolute Gasteiger partial charge is 0.464 e. The fraction of sp³-hybridized carbons (Fsp3) is 0.333. The van der Waals surface area contributed by atoms with Crippen LogP contribution in [0.3, 0.4) is 0 Å². The molecule has 0 radical (unpaired) electrons. The van der Waals surface area contributed by atoms with Crippen molar-refractivity contribution in [1.29, 1.82) is 0 Å². The summed E-state index contributed by atoms with van der Waals surface area (Å²) < 4.78 is 42.7. The van der Waals surface area contributed by atoms with Crippen LogP contribution >= 0.6 is 11.8 Å². The number of alkyl halides is 2. The minimum atomic E-state index is -2.39. The van der Waals surface area contributed by atoms with Crippen LogP contribution in [-0.4, -0.2) is 5.76 Å². The van der Waals surface area contributed by atoms with E-state index in [-0.39, 0.29) is 11.6 Å². The molecule has 2 rings (SSSR count). The number of furan rings is 1. The molecule has 0 saturated heterocycles. The highest BCUT2D eigenvalue weighted by atomic mass is 32.2. The van der Waals surface area contributed by atoms with Crippen LogP contribution in [0.2, 0.25) is 0 Å². The Hall–Kier alpha value is -1.40. The van der Waals surface area contributed by atoms with Crippen molar-refractivity contribution in [2.24, 2.45) is 0 Å². The molecule has 2 aromatic rings. The highest BCUT2D eigenvalue weighted by molar-refractivity contribution is 7.98. The molecule has 1 N–H and O–H groups in total. The molecule has 0 aliphatic heterocycles. The Morgan fingerprint density at radius 2 is 1.90 bits per heavy atom. The molecule has 0 unspecified atom stereocenters. The van der Waals surface area contributed by atoms with E-state index in [2.05, 4.69) is 5.32 Å². The van der Waals surface area contributed by atoms with Gasteiger partial charge in [-0.1, -0.05) is 23.9 Å². The van der Waals surface area contributed by atoms with Gasteiger partial charge in [-0.25, -0.2) is 4.39 Å². The van der Waals surface area contributed by atoms with E-state index in [1.807, 2.05) is 0 Å². The van der Waals surface area contributed by atoms with Crippen LogP contribution in [0, 0.1) is 12.7 Å². The molecule has 0 atom stereocenters. The zero-order valence-corrected chi connectivity index (χ0v) is 12.4. The van der Waals surface area contributed by atoms with E-state index in [9.17, 15) is 13.2 Å². The number of hydrogen-bond acceptors (Lipinski definition) is 3. The average Bonchev–Trinajstić information content (AvgIpc) is 2.88. The van der Waals surface area contributed by atoms with Crippen LogP contribution in [-0.2, 0) is 18.8 Å². The smallest absolute Gasteiger partial charge is 0.284 e. The third-order valence-electron chi connectivity index (χ3n) is 2.92. The van der Waals surface area contributed by atoms with Gasteiger partial charge >= 0.3 is 0 Å². The van der Waals surface area contributed by atoms with Crippen LogP contribution in [0.1, 0.15) is 22.6 Å². The molecule has 6 heteroatoms. The van der Waals surface area contributed by atoms with E-state index in [4.69, 9.17) is 4.42 Å². The van der Waals surface area contributed by atoms with E-state index in [0.717, 1.165) is 5.56 Å². The molecular weight excluding hydrogens is 299 g/mol. The first-order valence-electron chi connectivity index (χ1n) is 6.47. The number of benzene rings is 1. The maximum atomic E-state index is 13.1. The standard InChI is InChI=1S/C15H16F3NOS/c1-10-6-11(2-5-14(10)16)7-19-8-12-3-4-13(20-12)9-21-15(17)18/h2-6,15,19H,7-9H2,1H3. The molecule has 1 heterocycles. The van der Waals surface area contributed by atoms with Crippen LogP contribution in [0.5, 0.6) is 0 Å². The summed E-state index contributed by atoms with van der Waals surface area (Å²) >= 11 is 0.538. The monoisotopic (exact) mass is 315 g/mol. The fourth-order valence-electron chi connectivity index (χ4n) is 1.89. The summed E-state index contributed by atoms with van der Waals surface area (Å²) in [4.78, 5) is 0. The number of thioether (sulfide) groups is 1. The molecule has 0 spiro atoms. The van der Waals surface area contributed by atoms with Crippen molar-refractivity contribution in [3.63, 3.8) is 0 Å². The number of aryl methyl sites for hydroxylation is 1. The molecule has 2 nitrogen and oxygen atoms in total. The van der Waals surface area contributed by atoms with Crippen molar-refractivity contribution in [3.8, 4) is 0 Å². The molecule has 21 heavy (non-hydrogen) atoms. The van der Waals surface area contributed by atoms with Crippen molar-refractivity contribution in [2.75, 3.05) is 0 Å². The lowest BCUT2D eigenvalue weighted by atomic mass is 10.1. The SMILES string of the molecule is Cc1cc(CNCc2ccc(CSC(F)F)o2)ccc1F. The van der Waals surface area contributed by atoms with Crippen molar-refractivity contribution in [3.05, 3.63) is 58.8 Å². The zero-order chi connectivity index (χ0) is 15.2. The lowest BCUT2D eigenvalue weighted by Gasteiger charge is -2.05. The van der Waals surface area contributed by atoms with Crippen molar-refractivity contribution >= 4 is 11.8 Å². The second-order valence-corrected chi connectivity index (χ2v) is 5.61. The van der Waals surface area contributed by atoms with Gasteiger partial charge in [-0.05, 0) is 36.2 Å². The summed E-state index contributed by atoms with van der Waals surface area (Å²) in [6.07, 6.45) is 0. The highest BCUT2D eigenvalue weighted by Crippen LogP contribution is 2.21. The quantitative estimate of drug-likeness (QED) is 0.816. The molecule has 0 aliphatic rings. The second-order valence-electron chi connectivity index (χ2n) is 4.63. The Kier molecular flexibility index (Phi) is 5.76. The fourth-order valence-corrected chi connectivity index (χ4v) is 2.33. The van der Waals surface area contributed by atoms with Gasteiger partial charge < -0.3 is 9.73 Å². The summed E-state index contributed by atoms with van der Waals surface area (Å²) in [5.74, 6) is -1.22. The molecule has 114 valence electrons. The Bertz CT molecular complexity index is 586. The first-order valence-corrected chi connectivity index (χ1v) is 7.52. The van der Waals surface area contributed by atoms with Crippen molar-refractivity contribution in [2.45, 2.75) is 31.5 Å². The summed E-state index contributed by atoms with van der Waals surface area (Å²) in [7, 11) is 0. The molecule has 1 aromatic heterocycles. The van der Waals surface area contributed by atoms with Gasteiger partial charge in [0, 0.05) is 6.54 Å². The first kappa shape index (κ1) is 16.0. The van der Waals surface area contributed by atoms with Gasteiger partial charge in [-0.2, -0.15) is 8.78 Å². The van der Waals surface area contributed by atoms with E-state index in [1.165, 1.54) is 6.07 Å². The number of hydrogen-bond donors (Lipinski definition) is 1. The van der Waals surface area contributed by atoms with Gasteiger partial charge in [0.2, 0.25) is 0 Å². The third-order valence-corrected chi connectivity index (χ3v) is 3.62. The summed E-state index contributed by atoms with van der Waals surface area (Å²) in [5.41, 5.74) is 1.59. The lowest BCUT2D eigenvalue weighted by Crippen LogP contribution is -2.12. The highest BCUT2D eigenvalue weighted by Gasteiger charge is 2.07. The number of nitrogens with one attached hydrogen (secondary N) is 1. The Balaban J connectivity index is 1.79. The van der Waals surface area contributed by atoms with Crippen molar-refractivity contribution < 1.29 is 17.6 Å². The van der Waals surface area contributed by atoms with E-state index in [1.54, 1.807) is 31.2 Å². The van der Waals surface area contributed by atoms with E-state index < -0.39 is 5.76 Å². The molecule has 0 bridgehead atoms. The Morgan fingerprint density at radius 3 is 2.62 bits per heavy atom. The molecule has 0 fully saturated rings. The Labute approximate surface area is 125 Å². The molecule has 0 aliphatic carbocycles. The van der Waals surface area contributed by atoms with Crippen LogP contribution in [0.25, 0.3) is 0 Å². The van der Waals surface area contributed by atoms with Crippen LogP contribution in [0.4, 0.5) is 13.2 Å². The maximum absolute atomic E-state index is 13.1. The zero-order valence-electron chi connectivity index (χ0n) is 11.5. The number of rotatable bonds is 7. The van der Waals surface area contributed by atoms with Crippen LogP contribution in [0.15, 0.2) is 34.7 Å². The second kappa shape index (κ2) is 7.56. The van der Waals surface area contributed by atoms with Gasteiger partial charge in [-0.3, -0.25) is 0 Å². The summed E-state index contributed by atoms with van der Waals surface area (Å²) in [5, 5.41) is 3.17. The van der Waals surface area contributed by atoms with Gasteiger partial charge in [0.1, 0.15) is 17.3 Å². The summed E-state index contributed by atoms with van der Waals surface area (Å²) in [6.45, 7) is 2.80. The minimum absolute atomic E-state index is 0.162. The van der Waals surface area contributed by atoms with E-state index in [0.29, 0.717) is 41.9 Å². The predicted octanol–water partition coefficient (Wildman–Crippen LogP) is 4.47. The average molecular weight is 315 g/mol. The summed E-state index contributed by atoms with van der Waals surface area (Å²) in [6, 6.07) is 8.43. The van der Waals surface area contributed by atoms with Crippen molar-refractivity contribution in [1.82, 2.24) is 5.32 Å². The van der Waals surface area contributed by atoms with Gasteiger partial charge in [0.05, 0.1) is 12.3 Å². The Morgan fingerprint density at radius 1 is 1.14 bits per heavy atom. The molecule has 0 amide bonds. The lowest BCUT2D eigenvalue weighted by molar-refractivity contribution is 0.251. The molecule has 0 saturated carbocycles. The van der Waals surface area contributed by atoms with Crippen LogP contribution < -0.4 is 5.32 Å². The molecular formula is C15H16F3NOS. The van der Waals surface area contributed by atoms with E-state index >= 15 is 0 Å². The number of halogens is 3. The maximum Gasteiger partial charge on any atom is 0.284 e.